The molecule has 23 heavy (non-hydrogen) atoms. The van der Waals surface area contributed by atoms with E-state index in [1.807, 2.05) is 23.6 Å². The number of aromatic nitrogens is 3. The summed E-state index contributed by atoms with van der Waals surface area (Å²) in [6.07, 6.45) is 1.73. The van der Waals surface area contributed by atoms with Crippen molar-refractivity contribution in [3.05, 3.63) is 47.3 Å². The summed E-state index contributed by atoms with van der Waals surface area (Å²) in [5.41, 5.74) is 6.10. The van der Waals surface area contributed by atoms with Crippen LogP contribution < -0.4 is 10.5 Å². The monoisotopic (exact) mass is 352 g/mol. The Hall–Kier alpha value is -1.99. The van der Waals surface area contributed by atoms with E-state index in [-0.39, 0.29) is 12.4 Å². The van der Waals surface area contributed by atoms with Crippen LogP contribution in [0, 0.1) is 6.92 Å². The van der Waals surface area contributed by atoms with E-state index in [0.29, 0.717) is 22.5 Å². The molecule has 2 N–H and O–H groups in total. The zero-order valence-corrected chi connectivity index (χ0v) is 14.2. The number of amides is 1. The SMILES string of the molecule is C=CCn1c(COc2ccc(Cl)cc2C)nnc1SCC(N)=O. The Bertz CT molecular complexity index is 717. The number of aryl methyl sites for hydroxylation is 1. The van der Waals surface area contributed by atoms with Crippen molar-refractivity contribution >= 4 is 29.3 Å². The van der Waals surface area contributed by atoms with Crippen molar-refractivity contribution in [2.45, 2.75) is 25.2 Å². The molecule has 0 spiro atoms. The molecule has 0 saturated carbocycles. The van der Waals surface area contributed by atoms with E-state index in [4.69, 9.17) is 22.1 Å². The number of allylic oxidation sites excluding steroid dienone is 1. The summed E-state index contributed by atoms with van der Waals surface area (Å²) in [5.74, 6) is 1.12. The maximum Gasteiger partial charge on any atom is 0.227 e. The van der Waals surface area contributed by atoms with Gasteiger partial charge in [0.2, 0.25) is 5.91 Å². The standard InChI is InChI=1S/C15H17ClN4O2S/c1-3-6-20-14(18-19-15(20)23-9-13(17)21)8-22-12-5-4-11(16)7-10(12)2/h3-5,7H,1,6,8-9H2,2H3,(H2,17,21). The highest BCUT2D eigenvalue weighted by Gasteiger charge is 2.13. The second kappa shape index (κ2) is 8.03. The van der Waals surface area contributed by atoms with E-state index in [9.17, 15) is 4.79 Å². The molecule has 0 aliphatic rings. The Kier molecular flexibility index (Phi) is 6.06. The highest BCUT2D eigenvalue weighted by atomic mass is 35.5. The normalized spacial score (nSPS) is 10.5. The van der Waals surface area contributed by atoms with E-state index < -0.39 is 5.91 Å². The first-order valence-corrected chi connectivity index (χ1v) is 8.20. The second-order valence-corrected chi connectivity index (χ2v) is 6.13. The van der Waals surface area contributed by atoms with Crippen LogP contribution in [0.25, 0.3) is 0 Å². The lowest BCUT2D eigenvalue weighted by Gasteiger charge is -2.10. The predicted octanol–water partition coefficient (Wildman–Crippen LogP) is 2.58. The Labute approximate surface area is 143 Å². The number of hydrogen-bond donors (Lipinski definition) is 1. The Morgan fingerprint density at radius 3 is 2.96 bits per heavy atom. The summed E-state index contributed by atoms with van der Waals surface area (Å²) < 4.78 is 7.63. The van der Waals surface area contributed by atoms with Crippen LogP contribution in [0.4, 0.5) is 0 Å². The van der Waals surface area contributed by atoms with Crippen LogP contribution in [0.2, 0.25) is 5.02 Å². The van der Waals surface area contributed by atoms with Gasteiger partial charge in [0.1, 0.15) is 12.4 Å². The van der Waals surface area contributed by atoms with Gasteiger partial charge in [0.15, 0.2) is 11.0 Å². The Balaban J connectivity index is 2.12. The lowest BCUT2D eigenvalue weighted by atomic mass is 10.2. The van der Waals surface area contributed by atoms with Crippen molar-refractivity contribution in [1.29, 1.82) is 0 Å². The fourth-order valence-corrected chi connectivity index (χ4v) is 2.83. The van der Waals surface area contributed by atoms with E-state index in [1.54, 1.807) is 12.1 Å². The lowest BCUT2D eigenvalue weighted by Crippen LogP contribution is -2.14. The van der Waals surface area contributed by atoms with Crippen LogP contribution in [0.15, 0.2) is 36.0 Å². The highest BCUT2D eigenvalue weighted by Crippen LogP contribution is 2.23. The molecule has 2 aromatic rings. The zero-order valence-electron chi connectivity index (χ0n) is 12.7. The molecule has 122 valence electrons. The number of nitrogens with two attached hydrogens (primary N) is 1. The molecule has 0 aliphatic heterocycles. The maximum absolute atomic E-state index is 10.9. The number of ether oxygens (including phenoxy) is 1. The van der Waals surface area contributed by atoms with Gasteiger partial charge in [-0.1, -0.05) is 29.4 Å². The number of benzene rings is 1. The number of primary amides is 1. The molecule has 8 heteroatoms. The van der Waals surface area contributed by atoms with Gasteiger partial charge >= 0.3 is 0 Å². The van der Waals surface area contributed by atoms with Gasteiger partial charge in [-0.2, -0.15) is 0 Å². The fraction of sp³-hybridized carbons (Fsp3) is 0.267. The molecule has 6 nitrogen and oxygen atoms in total. The van der Waals surface area contributed by atoms with Crippen LogP contribution >= 0.6 is 23.4 Å². The molecule has 0 aliphatic carbocycles. The van der Waals surface area contributed by atoms with Crippen LogP contribution in [0.1, 0.15) is 11.4 Å². The number of rotatable bonds is 8. The van der Waals surface area contributed by atoms with Crippen molar-refractivity contribution in [3.63, 3.8) is 0 Å². The molecule has 1 heterocycles. The van der Waals surface area contributed by atoms with E-state index >= 15 is 0 Å². The van der Waals surface area contributed by atoms with Crippen molar-refractivity contribution in [1.82, 2.24) is 14.8 Å². The summed E-state index contributed by atoms with van der Waals surface area (Å²) in [4.78, 5) is 10.9. The second-order valence-electron chi connectivity index (χ2n) is 4.75. The minimum absolute atomic E-state index is 0.145. The number of hydrogen-bond acceptors (Lipinski definition) is 5. The van der Waals surface area contributed by atoms with Gasteiger partial charge < -0.3 is 10.5 Å². The van der Waals surface area contributed by atoms with Gasteiger partial charge in [0, 0.05) is 11.6 Å². The molecule has 0 atom stereocenters. The van der Waals surface area contributed by atoms with Gasteiger partial charge in [-0.3, -0.25) is 9.36 Å². The number of nitrogens with zero attached hydrogens (tertiary/aromatic N) is 3. The van der Waals surface area contributed by atoms with E-state index in [1.165, 1.54) is 11.8 Å². The van der Waals surface area contributed by atoms with E-state index in [0.717, 1.165) is 11.3 Å². The maximum atomic E-state index is 10.9. The van der Waals surface area contributed by atoms with Crippen LogP contribution in [0.5, 0.6) is 5.75 Å². The lowest BCUT2D eigenvalue weighted by molar-refractivity contribution is -0.115. The van der Waals surface area contributed by atoms with Crippen molar-refractivity contribution < 1.29 is 9.53 Å². The van der Waals surface area contributed by atoms with Gasteiger partial charge in [0.05, 0.1) is 5.75 Å². The van der Waals surface area contributed by atoms with Gasteiger partial charge in [0.25, 0.3) is 0 Å². The molecule has 0 fully saturated rings. The van der Waals surface area contributed by atoms with Gasteiger partial charge in [-0.25, -0.2) is 0 Å². The Morgan fingerprint density at radius 1 is 1.52 bits per heavy atom. The minimum Gasteiger partial charge on any atom is -0.485 e. The van der Waals surface area contributed by atoms with Crippen LogP contribution in [-0.4, -0.2) is 26.4 Å². The van der Waals surface area contributed by atoms with Gasteiger partial charge in [-0.15, -0.1) is 16.8 Å². The number of carbonyl (C=O) groups is 1. The first-order valence-electron chi connectivity index (χ1n) is 6.84. The predicted molar refractivity (Wildman–Crippen MR) is 90.7 cm³/mol. The summed E-state index contributed by atoms with van der Waals surface area (Å²) in [5, 5.41) is 9.46. The van der Waals surface area contributed by atoms with Gasteiger partial charge in [-0.05, 0) is 30.7 Å². The Morgan fingerprint density at radius 2 is 2.30 bits per heavy atom. The largest absolute Gasteiger partial charge is 0.485 e. The third kappa shape index (κ3) is 4.74. The molecule has 1 aromatic carbocycles. The highest BCUT2D eigenvalue weighted by molar-refractivity contribution is 7.99. The first-order chi connectivity index (χ1) is 11.0. The smallest absolute Gasteiger partial charge is 0.227 e. The first kappa shape index (κ1) is 17.4. The fourth-order valence-electron chi connectivity index (χ4n) is 1.90. The van der Waals surface area contributed by atoms with Crippen LogP contribution in [0.3, 0.4) is 0 Å². The molecule has 1 amide bonds. The zero-order chi connectivity index (χ0) is 16.8. The van der Waals surface area contributed by atoms with Crippen molar-refractivity contribution in [2.75, 3.05) is 5.75 Å². The number of halogens is 1. The summed E-state index contributed by atoms with van der Waals surface area (Å²) in [7, 11) is 0. The average Bonchev–Trinajstić information content (AvgIpc) is 2.87. The molecular formula is C15H17ClN4O2S. The number of carbonyl (C=O) groups excluding carboxylic acids is 1. The molecule has 0 saturated heterocycles. The molecule has 0 radical (unpaired) electrons. The van der Waals surface area contributed by atoms with Crippen molar-refractivity contribution in [3.8, 4) is 5.75 Å². The topological polar surface area (TPSA) is 83.0 Å². The average molecular weight is 353 g/mol. The molecule has 0 bridgehead atoms. The molecular weight excluding hydrogens is 336 g/mol. The van der Waals surface area contributed by atoms with E-state index in [2.05, 4.69) is 16.8 Å². The number of thioether (sulfide) groups is 1. The third-order valence-electron chi connectivity index (χ3n) is 2.94. The van der Waals surface area contributed by atoms with Crippen LogP contribution in [-0.2, 0) is 17.9 Å². The molecule has 0 unspecified atom stereocenters. The summed E-state index contributed by atoms with van der Waals surface area (Å²) in [6, 6.07) is 5.42. The summed E-state index contributed by atoms with van der Waals surface area (Å²) >= 11 is 7.17. The van der Waals surface area contributed by atoms with Crippen molar-refractivity contribution in [2.24, 2.45) is 5.73 Å². The quantitative estimate of drug-likeness (QED) is 0.583. The molecule has 2 rings (SSSR count). The third-order valence-corrected chi connectivity index (χ3v) is 4.17. The summed E-state index contributed by atoms with van der Waals surface area (Å²) in [6.45, 7) is 6.41. The minimum atomic E-state index is -0.405. The molecule has 1 aromatic heterocycles.